The van der Waals surface area contributed by atoms with Crippen molar-refractivity contribution in [1.82, 2.24) is 0 Å². The van der Waals surface area contributed by atoms with Crippen LogP contribution < -0.4 is 0 Å². The smallest absolute Gasteiger partial charge is 0.190 e. The lowest BCUT2D eigenvalue weighted by molar-refractivity contribution is -0.273. The number of fused-ring (bicyclic) bond motifs is 1. The van der Waals surface area contributed by atoms with Crippen LogP contribution >= 0.6 is 0 Å². The minimum atomic E-state index is -1.22. The second-order valence-electron chi connectivity index (χ2n) is 7.19. The van der Waals surface area contributed by atoms with Gasteiger partial charge < -0.3 is 33.5 Å². The van der Waals surface area contributed by atoms with E-state index in [0.29, 0.717) is 6.61 Å². The van der Waals surface area contributed by atoms with Crippen LogP contribution in [0.3, 0.4) is 0 Å². The van der Waals surface area contributed by atoms with Crippen LogP contribution in [0.2, 0.25) is 0 Å². The summed E-state index contributed by atoms with van der Waals surface area (Å²) in [5.74, 6) is -0.803. The largest absolute Gasteiger partial charge is 0.386 e. The maximum atomic E-state index is 10.7. The highest BCUT2D eigenvalue weighted by atomic mass is 16.8. The summed E-state index contributed by atoms with van der Waals surface area (Å²) >= 11 is 0. The van der Waals surface area contributed by atoms with E-state index in [2.05, 4.69) is 6.58 Å². The fourth-order valence-electron chi connectivity index (χ4n) is 3.53. The van der Waals surface area contributed by atoms with Crippen molar-refractivity contribution < 1.29 is 33.5 Å². The molecule has 27 heavy (non-hydrogen) atoms. The number of hydrogen-bond acceptors (Lipinski definition) is 7. The molecule has 0 aromatic heterocycles. The second kappa shape index (κ2) is 8.36. The van der Waals surface area contributed by atoms with E-state index in [4.69, 9.17) is 28.4 Å². The maximum absolute atomic E-state index is 10.7. The molecule has 1 aromatic rings. The van der Waals surface area contributed by atoms with Gasteiger partial charge in [-0.05, 0) is 19.4 Å². The highest BCUT2D eigenvalue weighted by Gasteiger charge is 2.65. The molecule has 5 atom stereocenters. The van der Waals surface area contributed by atoms with Gasteiger partial charge in [-0.15, -0.1) is 6.58 Å². The van der Waals surface area contributed by atoms with Crippen molar-refractivity contribution in [3.8, 4) is 0 Å². The Morgan fingerprint density at radius 2 is 1.96 bits per heavy atom. The fraction of sp³-hybridized carbons (Fsp3) is 0.600. The van der Waals surface area contributed by atoms with Gasteiger partial charge in [0.2, 0.25) is 0 Å². The van der Waals surface area contributed by atoms with Gasteiger partial charge in [0.25, 0.3) is 0 Å². The Labute approximate surface area is 159 Å². The van der Waals surface area contributed by atoms with E-state index in [1.165, 1.54) is 13.2 Å². The summed E-state index contributed by atoms with van der Waals surface area (Å²) in [5.41, 5.74) is -0.222. The lowest BCUT2D eigenvalue weighted by Crippen LogP contribution is -2.57. The van der Waals surface area contributed by atoms with Crippen molar-refractivity contribution in [2.75, 3.05) is 20.5 Å². The molecular formula is C20H28O7. The average Bonchev–Trinajstić information content (AvgIpc) is 3.09. The number of benzene rings is 1. The molecule has 1 aromatic carbocycles. The van der Waals surface area contributed by atoms with Crippen LogP contribution in [-0.4, -0.2) is 61.6 Å². The molecule has 2 aliphatic rings. The number of methoxy groups -OCH3 is 1. The normalized spacial score (nSPS) is 33.0. The molecule has 0 radical (unpaired) electrons. The molecule has 2 aliphatic heterocycles. The third-order valence-electron chi connectivity index (χ3n) is 4.73. The van der Waals surface area contributed by atoms with Gasteiger partial charge in [-0.2, -0.15) is 0 Å². The molecule has 7 heteroatoms. The molecule has 0 amide bonds. The molecule has 2 saturated heterocycles. The van der Waals surface area contributed by atoms with E-state index < -0.39 is 36.0 Å². The van der Waals surface area contributed by atoms with Crippen molar-refractivity contribution in [1.29, 1.82) is 0 Å². The summed E-state index contributed by atoms with van der Waals surface area (Å²) in [6.07, 6.45) is -1.46. The first-order valence-corrected chi connectivity index (χ1v) is 8.98. The molecule has 0 spiro atoms. The predicted octanol–water partition coefficient (Wildman–Crippen LogP) is 1.99. The highest BCUT2D eigenvalue weighted by Crippen LogP contribution is 2.45. The molecular weight excluding hydrogens is 352 g/mol. The summed E-state index contributed by atoms with van der Waals surface area (Å²) in [6, 6.07) is 9.77. The molecule has 0 aliphatic carbocycles. The van der Waals surface area contributed by atoms with Gasteiger partial charge in [0.15, 0.2) is 17.7 Å². The standard InChI is InChI=1S/C20H28O7/c1-5-15(21)20(12-23-13-22-4)17(24-11-14-9-7-6-8-10-14)16-18(27-20)26-19(2,3)25-16/h5-10,15-18,21H,1,11-13H2,2-4H3/t15-,16-,17-,18+,20+/m1/s1. The minimum absolute atomic E-state index is 0.0353. The van der Waals surface area contributed by atoms with Crippen LogP contribution in [0, 0.1) is 0 Å². The Bertz CT molecular complexity index is 620. The summed E-state index contributed by atoms with van der Waals surface area (Å²) in [6.45, 7) is 7.76. The Balaban J connectivity index is 1.85. The zero-order chi connectivity index (χ0) is 19.5. The van der Waals surface area contributed by atoms with E-state index in [9.17, 15) is 5.11 Å². The lowest BCUT2D eigenvalue weighted by atomic mass is 9.89. The highest BCUT2D eigenvalue weighted by molar-refractivity contribution is 5.15. The van der Waals surface area contributed by atoms with Crippen LogP contribution in [0.4, 0.5) is 0 Å². The van der Waals surface area contributed by atoms with Crippen LogP contribution in [0.25, 0.3) is 0 Å². The Kier molecular flexibility index (Phi) is 6.32. The van der Waals surface area contributed by atoms with E-state index in [1.807, 2.05) is 44.2 Å². The van der Waals surface area contributed by atoms with Gasteiger partial charge in [-0.25, -0.2) is 0 Å². The van der Waals surface area contributed by atoms with Gasteiger partial charge in [-0.1, -0.05) is 36.4 Å². The Morgan fingerprint density at radius 1 is 1.22 bits per heavy atom. The number of hydrogen-bond donors (Lipinski definition) is 1. The first-order valence-electron chi connectivity index (χ1n) is 8.98. The molecule has 0 bridgehead atoms. The molecule has 1 N–H and O–H groups in total. The molecule has 0 unspecified atom stereocenters. The van der Waals surface area contributed by atoms with Crippen LogP contribution in [-0.2, 0) is 35.0 Å². The number of ether oxygens (including phenoxy) is 6. The first kappa shape index (κ1) is 20.4. The first-order chi connectivity index (χ1) is 12.9. The van der Waals surface area contributed by atoms with Gasteiger partial charge in [0.05, 0.1) is 13.2 Å². The Hall–Kier alpha value is -1.32. The number of rotatable bonds is 9. The zero-order valence-corrected chi connectivity index (χ0v) is 16.0. The quantitative estimate of drug-likeness (QED) is 0.399. The number of aliphatic hydroxyl groups is 1. The monoisotopic (exact) mass is 380 g/mol. The average molecular weight is 380 g/mol. The van der Waals surface area contributed by atoms with E-state index in [-0.39, 0.29) is 13.4 Å². The number of aliphatic hydroxyl groups excluding tert-OH is 1. The summed E-state index contributed by atoms with van der Waals surface area (Å²) in [4.78, 5) is 0. The van der Waals surface area contributed by atoms with Crippen LogP contribution in [0.5, 0.6) is 0 Å². The molecule has 3 rings (SSSR count). The molecule has 150 valence electrons. The second-order valence-corrected chi connectivity index (χ2v) is 7.19. The van der Waals surface area contributed by atoms with Gasteiger partial charge in [0.1, 0.15) is 25.1 Å². The van der Waals surface area contributed by atoms with Crippen molar-refractivity contribution in [2.45, 2.75) is 56.4 Å². The third-order valence-corrected chi connectivity index (χ3v) is 4.73. The minimum Gasteiger partial charge on any atom is -0.386 e. The fourth-order valence-corrected chi connectivity index (χ4v) is 3.53. The van der Waals surface area contributed by atoms with Crippen molar-refractivity contribution in [2.24, 2.45) is 0 Å². The Morgan fingerprint density at radius 3 is 2.63 bits per heavy atom. The van der Waals surface area contributed by atoms with Gasteiger partial charge in [0, 0.05) is 7.11 Å². The van der Waals surface area contributed by atoms with Crippen molar-refractivity contribution in [3.63, 3.8) is 0 Å². The van der Waals surface area contributed by atoms with E-state index in [0.717, 1.165) is 5.56 Å². The molecule has 7 nitrogen and oxygen atoms in total. The lowest BCUT2D eigenvalue weighted by Gasteiger charge is -2.38. The van der Waals surface area contributed by atoms with E-state index in [1.54, 1.807) is 0 Å². The molecule has 2 heterocycles. The summed E-state index contributed by atoms with van der Waals surface area (Å²) in [7, 11) is 1.53. The van der Waals surface area contributed by atoms with Crippen molar-refractivity contribution >= 4 is 0 Å². The third kappa shape index (κ3) is 4.25. The predicted molar refractivity (Wildman–Crippen MR) is 96.7 cm³/mol. The van der Waals surface area contributed by atoms with Gasteiger partial charge >= 0.3 is 0 Å². The van der Waals surface area contributed by atoms with Crippen LogP contribution in [0.15, 0.2) is 43.0 Å². The molecule has 2 fully saturated rings. The topological polar surface area (TPSA) is 75.6 Å². The summed E-state index contributed by atoms with van der Waals surface area (Å²) < 4.78 is 34.7. The molecule has 0 saturated carbocycles. The zero-order valence-electron chi connectivity index (χ0n) is 16.0. The van der Waals surface area contributed by atoms with Gasteiger partial charge in [-0.3, -0.25) is 0 Å². The van der Waals surface area contributed by atoms with Crippen LogP contribution in [0.1, 0.15) is 19.4 Å². The summed E-state index contributed by atoms with van der Waals surface area (Å²) in [5, 5.41) is 10.7. The van der Waals surface area contributed by atoms with E-state index >= 15 is 0 Å². The SMILES string of the molecule is C=C[C@@H](O)[C@]1(COCOC)O[C@@H]2OC(C)(C)O[C@@H]2[C@H]1OCc1ccccc1. The van der Waals surface area contributed by atoms with Crippen molar-refractivity contribution in [3.05, 3.63) is 48.6 Å². The maximum Gasteiger partial charge on any atom is 0.190 e.